The van der Waals surface area contributed by atoms with Crippen molar-refractivity contribution in [1.82, 2.24) is 21.0 Å². The van der Waals surface area contributed by atoms with E-state index in [1.165, 1.54) is 16.7 Å². The van der Waals surface area contributed by atoms with Crippen LogP contribution in [0.5, 0.6) is 0 Å². The molecule has 1 aliphatic heterocycles. The minimum absolute atomic E-state index is 0.190. The second-order valence-corrected chi connectivity index (χ2v) is 10.3. The Bertz CT molecular complexity index is 1200. The fraction of sp³-hybridized carbons (Fsp3) is 0.375. The molecule has 196 valence electrons. The van der Waals surface area contributed by atoms with Crippen LogP contribution in [0, 0.1) is 12.8 Å². The molecule has 5 heteroatoms. The second kappa shape index (κ2) is 12.2. The van der Waals surface area contributed by atoms with Crippen LogP contribution in [-0.2, 0) is 11.1 Å². The number of aryl methyl sites for hydroxylation is 1. The van der Waals surface area contributed by atoms with E-state index in [2.05, 4.69) is 118 Å². The summed E-state index contributed by atoms with van der Waals surface area (Å²) in [6, 6.07) is 13.0. The van der Waals surface area contributed by atoms with Gasteiger partial charge in [0.25, 0.3) is 0 Å². The highest BCUT2D eigenvalue weighted by Gasteiger charge is 2.36. The molecule has 3 rings (SSSR count). The summed E-state index contributed by atoms with van der Waals surface area (Å²) in [5.41, 5.74) is 10.3. The van der Waals surface area contributed by atoms with Crippen molar-refractivity contribution in [2.24, 2.45) is 11.0 Å². The molecule has 1 aromatic heterocycles. The van der Waals surface area contributed by atoms with Crippen LogP contribution in [0.3, 0.4) is 0 Å². The van der Waals surface area contributed by atoms with Crippen molar-refractivity contribution < 1.29 is 0 Å². The molecule has 0 radical (unpaired) electrons. The Balaban J connectivity index is 2.02. The molecule has 0 aliphatic carbocycles. The van der Waals surface area contributed by atoms with Gasteiger partial charge in [0.1, 0.15) is 0 Å². The lowest BCUT2D eigenvalue weighted by molar-refractivity contribution is 0.211. The predicted molar refractivity (Wildman–Crippen MR) is 158 cm³/mol. The van der Waals surface area contributed by atoms with E-state index >= 15 is 0 Å². The zero-order valence-electron chi connectivity index (χ0n) is 23.5. The molecular formula is C32H43N5. The Morgan fingerprint density at radius 2 is 1.86 bits per heavy atom. The van der Waals surface area contributed by atoms with Crippen LogP contribution in [0.2, 0.25) is 0 Å². The third-order valence-electron chi connectivity index (χ3n) is 7.34. The van der Waals surface area contributed by atoms with Gasteiger partial charge in [0.2, 0.25) is 0 Å². The van der Waals surface area contributed by atoms with Crippen molar-refractivity contribution in [3.63, 3.8) is 0 Å². The normalized spacial score (nSPS) is 19.6. The Kier molecular flexibility index (Phi) is 9.28. The quantitative estimate of drug-likeness (QED) is 0.360. The third kappa shape index (κ3) is 6.66. The van der Waals surface area contributed by atoms with Gasteiger partial charge in [-0.1, -0.05) is 57.7 Å². The first kappa shape index (κ1) is 28.1. The summed E-state index contributed by atoms with van der Waals surface area (Å²) < 4.78 is 0. The van der Waals surface area contributed by atoms with Gasteiger partial charge >= 0.3 is 0 Å². The molecular weight excluding hydrogens is 454 g/mol. The van der Waals surface area contributed by atoms with E-state index in [-0.39, 0.29) is 17.0 Å². The fourth-order valence-corrected chi connectivity index (χ4v) is 4.98. The molecule has 0 bridgehead atoms. The molecule has 3 N–H and O–H groups in total. The Morgan fingerprint density at radius 3 is 2.51 bits per heavy atom. The van der Waals surface area contributed by atoms with Gasteiger partial charge in [-0.05, 0) is 86.1 Å². The summed E-state index contributed by atoms with van der Waals surface area (Å²) in [6.45, 7) is 17.5. The van der Waals surface area contributed by atoms with Crippen molar-refractivity contribution >= 4 is 11.8 Å². The zero-order valence-corrected chi connectivity index (χ0v) is 23.5. The molecule has 1 atom stereocenters. The number of benzene rings is 1. The van der Waals surface area contributed by atoms with Gasteiger partial charge in [-0.3, -0.25) is 15.7 Å². The molecule has 5 nitrogen and oxygen atoms in total. The molecule has 2 aromatic rings. The molecule has 1 unspecified atom stereocenters. The number of hydrogen-bond acceptors (Lipinski definition) is 5. The van der Waals surface area contributed by atoms with Crippen molar-refractivity contribution in [2.75, 3.05) is 7.05 Å². The monoisotopic (exact) mass is 497 g/mol. The number of nitrogens with one attached hydrogen (secondary N) is 3. The van der Waals surface area contributed by atoms with E-state index in [0.29, 0.717) is 0 Å². The third-order valence-corrected chi connectivity index (χ3v) is 7.34. The standard InChI is InChI=1S/C32H43N5/c1-9-32(10-2,30-13-11-12-17-34-30)37-31(6,7)28-15-14-24(4)29(21-28)26-16-18-35-36-22-27(25(5)33-8)20-23(3)19-26/h11-23,33,35,37H,5,9-10H2,1-4,6-8H3/b18-16-,26-19+,27-20?,36-22-. The molecule has 0 fully saturated rings. The summed E-state index contributed by atoms with van der Waals surface area (Å²) >= 11 is 0. The number of allylic oxidation sites excluding steroid dienone is 5. The van der Waals surface area contributed by atoms with Crippen LogP contribution in [0.15, 0.2) is 90.0 Å². The van der Waals surface area contributed by atoms with E-state index in [0.717, 1.165) is 35.4 Å². The molecule has 1 aromatic carbocycles. The zero-order chi connectivity index (χ0) is 27.1. The molecule has 37 heavy (non-hydrogen) atoms. The average Bonchev–Trinajstić information content (AvgIpc) is 2.90. The minimum atomic E-state index is -0.280. The van der Waals surface area contributed by atoms with Gasteiger partial charge in [-0.15, -0.1) is 0 Å². The summed E-state index contributed by atoms with van der Waals surface area (Å²) in [4.78, 5) is 4.73. The fourth-order valence-electron chi connectivity index (χ4n) is 4.98. The van der Waals surface area contributed by atoms with Crippen molar-refractivity contribution in [3.05, 3.63) is 107 Å². The van der Waals surface area contributed by atoms with Gasteiger partial charge in [-0.25, -0.2) is 0 Å². The molecule has 1 aliphatic rings. The lowest BCUT2D eigenvalue weighted by Crippen LogP contribution is -2.51. The molecule has 0 saturated heterocycles. The van der Waals surface area contributed by atoms with E-state index in [1.54, 1.807) is 6.21 Å². The molecule has 0 saturated carbocycles. The van der Waals surface area contributed by atoms with Crippen LogP contribution >= 0.6 is 0 Å². The minimum Gasteiger partial charge on any atom is -0.388 e. The molecule has 0 spiro atoms. The first-order valence-electron chi connectivity index (χ1n) is 13.2. The number of hydrazone groups is 1. The maximum atomic E-state index is 4.73. The van der Waals surface area contributed by atoms with Gasteiger partial charge in [-0.2, -0.15) is 5.10 Å². The van der Waals surface area contributed by atoms with Crippen LogP contribution < -0.4 is 16.1 Å². The average molecular weight is 498 g/mol. The summed E-state index contributed by atoms with van der Waals surface area (Å²) in [5.74, 6) is 0.190. The maximum absolute atomic E-state index is 4.73. The lowest BCUT2D eigenvalue weighted by atomic mass is 9.82. The lowest BCUT2D eigenvalue weighted by Gasteiger charge is -2.41. The summed E-state index contributed by atoms with van der Waals surface area (Å²) in [7, 11) is 1.87. The molecule has 0 amide bonds. The Morgan fingerprint density at radius 1 is 1.11 bits per heavy atom. The van der Waals surface area contributed by atoms with Gasteiger partial charge in [0.05, 0.1) is 17.4 Å². The topological polar surface area (TPSA) is 61.3 Å². The van der Waals surface area contributed by atoms with Gasteiger partial charge in [0.15, 0.2) is 0 Å². The van der Waals surface area contributed by atoms with E-state index in [1.807, 2.05) is 25.5 Å². The maximum Gasteiger partial charge on any atom is 0.0610 e. The second-order valence-electron chi connectivity index (χ2n) is 10.3. The predicted octanol–water partition coefficient (Wildman–Crippen LogP) is 6.71. The van der Waals surface area contributed by atoms with E-state index < -0.39 is 0 Å². The first-order chi connectivity index (χ1) is 17.7. The summed E-state index contributed by atoms with van der Waals surface area (Å²) in [5, 5.41) is 11.5. The number of likely N-dealkylation sites (N-methyl/N-ethyl adjacent to an activating group) is 1. The van der Waals surface area contributed by atoms with E-state index in [4.69, 9.17) is 4.98 Å². The van der Waals surface area contributed by atoms with Crippen LogP contribution in [-0.4, -0.2) is 18.2 Å². The SMILES string of the molecule is C=C(NC)C1=CC(C)/C=C(c2cc(C(C)(C)NC(CC)(CC)c3ccccn3)ccc2C)\C=C/N/N=C\1. The van der Waals surface area contributed by atoms with Crippen LogP contribution in [0.4, 0.5) is 0 Å². The smallest absolute Gasteiger partial charge is 0.0610 e. The highest BCUT2D eigenvalue weighted by molar-refractivity contribution is 5.84. The Labute approximate surface area is 223 Å². The van der Waals surface area contributed by atoms with Gasteiger partial charge < -0.3 is 5.32 Å². The number of hydrogen-bond donors (Lipinski definition) is 3. The number of nitrogens with zero attached hydrogens (tertiary/aromatic N) is 2. The number of rotatable bonds is 9. The number of aromatic nitrogens is 1. The summed E-state index contributed by atoms with van der Waals surface area (Å²) in [6.07, 6.45) is 14.0. The van der Waals surface area contributed by atoms with Crippen molar-refractivity contribution in [1.29, 1.82) is 0 Å². The van der Waals surface area contributed by atoms with Crippen molar-refractivity contribution in [2.45, 2.75) is 65.5 Å². The Hall–Kier alpha value is -3.44. The first-order valence-corrected chi connectivity index (χ1v) is 13.2. The van der Waals surface area contributed by atoms with E-state index in [9.17, 15) is 0 Å². The van der Waals surface area contributed by atoms with Gasteiger partial charge in [0, 0.05) is 36.3 Å². The highest BCUT2D eigenvalue weighted by atomic mass is 15.3. The van der Waals surface area contributed by atoms with Crippen LogP contribution in [0.1, 0.15) is 69.8 Å². The highest BCUT2D eigenvalue weighted by Crippen LogP contribution is 2.35. The van der Waals surface area contributed by atoms with Crippen LogP contribution in [0.25, 0.3) is 5.57 Å². The number of pyridine rings is 1. The largest absolute Gasteiger partial charge is 0.388 e. The molecule has 2 heterocycles. The van der Waals surface area contributed by atoms with Crippen molar-refractivity contribution in [3.8, 4) is 0 Å².